The van der Waals surface area contributed by atoms with Gasteiger partial charge in [0.1, 0.15) is 0 Å². The summed E-state index contributed by atoms with van der Waals surface area (Å²) in [5.74, 6) is -0.0799. The van der Waals surface area contributed by atoms with Crippen molar-refractivity contribution in [2.45, 2.75) is 127 Å². The average Bonchev–Trinajstić information content (AvgIpc) is 3.23. The van der Waals surface area contributed by atoms with Crippen molar-refractivity contribution in [2.75, 3.05) is 19.8 Å². The molecule has 2 aromatic carbocycles. The topological polar surface area (TPSA) is 66.8 Å². The van der Waals surface area contributed by atoms with Crippen molar-refractivity contribution in [3.8, 4) is 0 Å². The van der Waals surface area contributed by atoms with Gasteiger partial charge < -0.3 is 9.84 Å². The number of carbonyl (C=O) groups is 2. The van der Waals surface area contributed by atoms with E-state index in [2.05, 4.69) is 104 Å². The molecule has 1 aliphatic rings. The summed E-state index contributed by atoms with van der Waals surface area (Å²) in [6.07, 6.45) is 7.50. The van der Waals surface area contributed by atoms with Crippen molar-refractivity contribution < 1.29 is 19.4 Å². The van der Waals surface area contributed by atoms with Gasteiger partial charge in [0.2, 0.25) is 11.8 Å². The fourth-order valence-electron chi connectivity index (χ4n) is 3.44. The first kappa shape index (κ1) is 41.6. The molecule has 0 aromatic heterocycles. The van der Waals surface area contributed by atoms with Crippen LogP contribution in [0.2, 0.25) is 0 Å². The molecule has 2 aromatic rings. The Morgan fingerprint density at radius 2 is 1.26 bits per heavy atom. The van der Waals surface area contributed by atoms with Crippen LogP contribution in [0, 0.1) is 26.7 Å². The van der Waals surface area contributed by atoms with E-state index in [9.17, 15) is 9.59 Å². The van der Waals surface area contributed by atoms with Crippen LogP contribution in [0.5, 0.6) is 0 Å². The number of amides is 2. The first-order valence-corrected chi connectivity index (χ1v) is 16.2. The summed E-state index contributed by atoms with van der Waals surface area (Å²) < 4.78 is 5.18. The van der Waals surface area contributed by atoms with Gasteiger partial charge in [-0.2, -0.15) is 0 Å². The molecule has 2 unspecified atom stereocenters. The number of aliphatic hydroxyl groups excluding tert-OH is 1. The number of imide groups is 1. The van der Waals surface area contributed by atoms with Gasteiger partial charge in [-0.05, 0) is 52.0 Å². The summed E-state index contributed by atoms with van der Waals surface area (Å²) in [6.45, 7) is 22.6. The van der Waals surface area contributed by atoms with Crippen LogP contribution < -0.4 is 0 Å². The highest BCUT2D eigenvalue weighted by atomic mass is 16.5. The fraction of sp³-hybridized carbons (Fsp3) is 0.622. The van der Waals surface area contributed by atoms with Crippen molar-refractivity contribution in [1.29, 1.82) is 0 Å². The van der Waals surface area contributed by atoms with Crippen LogP contribution in [0.25, 0.3) is 0 Å². The van der Waals surface area contributed by atoms with Crippen LogP contribution in [0.3, 0.4) is 0 Å². The Balaban J connectivity index is 0. The third-order valence-corrected chi connectivity index (χ3v) is 6.38. The van der Waals surface area contributed by atoms with Gasteiger partial charge in [-0.3, -0.25) is 14.5 Å². The number of benzene rings is 2. The molecule has 0 spiro atoms. The minimum Gasteiger partial charge on any atom is -0.391 e. The van der Waals surface area contributed by atoms with Crippen LogP contribution in [0.4, 0.5) is 0 Å². The normalized spacial score (nSPS) is 14.3. The summed E-state index contributed by atoms with van der Waals surface area (Å²) in [4.78, 5) is 23.9. The van der Waals surface area contributed by atoms with Gasteiger partial charge in [-0.15, -0.1) is 0 Å². The van der Waals surface area contributed by atoms with Gasteiger partial charge in [0.05, 0.1) is 12.7 Å². The highest BCUT2D eigenvalue weighted by molar-refractivity contribution is 6.03. The van der Waals surface area contributed by atoms with E-state index in [0.29, 0.717) is 19.6 Å². The van der Waals surface area contributed by atoms with Crippen molar-refractivity contribution in [3.63, 3.8) is 0 Å². The molecule has 5 heteroatoms. The van der Waals surface area contributed by atoms with Gasteiger partial charge in [0.25, 0.3) is 0 Å². The highest BCUT2D eigenvalue weighted by Gasteiger charge is 2.34. The number of likely N-dealkylation sites (tertiary alicyclic amines) is 1. The lowest BCUT2D eigenvalue weighted by molar-refractivity contribution is -0.139. The first-order valence-electron chi connectivity index (χ1n) is 16.2. The lowest BCUT2D eigenvalue weighted by atomic mass is 10.1. The molecule has 1 saturated heterocycles. The van der Waals surface area contributed by atoms with Crippen LogP contribution in [-0.4, -0.2) is 47.7 Å². The third kappa shape index (κ3) is 22.1. The van der Waals surface area contributed by atoms with Gasteiger partial charge >= 0.3 is 0 Å². The number of aliphatic hydroxyl groups is 1. The Kier molecular flexibility index (Phi) is 27.1. The third-order valence-electron chi connectivity index (χ3n) is 6.38. The second-order valence-electron chi connectivity index (χ2n) is 11.0. The molecule has 240 valence electrons. The maximum Gasteiger partial charge on any atom is 0.232 e. The predicted octanol–water partition coefficient (Wildman–Crippen LogP) is 9.03. The minimum absolute atomic E-state index is 0.000880. The van der Waals surface area contributed by atoms with Crippen LogP contribution in [0.1, 0.15) is 116 Å². The zero-order valence-electron chi connectivity index (χ0n) is 28.7. The molecule has 3 rings (SSSR count). The molecule has 2 amide bonds. The van der Waals surface area contributed by atoms with Gasteiger partial charge in [0, 0.05) is 25.5 Å². The quantitative estimate of drug-likeness (QED) is 0.223. The summed E-state index contributed by atoms with van der Waals surface area (Å²) in [5.41, 5.74) is 5.42. The van der Waals surface area contributed by atoms with Gasteiger partial charge in [0.15, 0.2) is 0 Å². The number of hydrogen-bond acceptors (Lipinski definition) is 4. The molecule has 42 heavy (non-hydrogen) atoms. The van der Waals surface area contributed by atoms with Crippen molar-refractivity contribution in [2.24, 2.45) is 5.92 Å². The summed E-state index contributed by atoms with van der Waals surface area (Å²) in [5, 5.41) is 9.03. The maximum atomic E-state index is 11.3. The van der Waals surface area contributed by atoms with Crippen LogP contribution in [0.15, 0.2) is 48.5 Å². The summed E-state index contributed by atoms with van der Waals surface area (Å²) in [7, 11) is 0. The molecule has 2 atom stereocenters. The number of aryl methyl sites for hydroxylation is 4. The maximum absolute atomic E-state index is 11.3. The lowest BCUT2D eigenvalue weighted by Gasteiger charge is -2.12. The lowest BCUT2D eigenvalue weighted by Crippen LogP contribution is -2.31. The molecule has 0 saturated carbocycles. The average molecular weight is 586 g/mol. The molecule has 0 radical (unpaired) electrons. The van der Waals surface area contributed by atoms with Gasteiger partial charge in [-0.1, -0.05) is 133 Å². The summed E-state index contributed by atoms with van der Waals surface area (Å²) >= 11 is 0. The van der Waals surface area contributed by atoms with E-state index < -0.39 is 0 Å². The Hall–Kier alpha value is -2.50. The Morgan fingerprint density at radius 1 is 0.810 bits per heavy atom. The molecule has 1 N–H and O–H groups in total. The highest BCUT2D eigenvalue weighted by Crippen LogP contribution is 2.18. The van der Waals surface area contributed by atoms with Crippen molar-refractivity contribution >= 4 is 11.8 Å². The van der Waals surface area contributed by atoms with E-state index in [1.54, 1.807) is 0 Å². The molecule has 5 nitrogen and oxygen atoms in total. The zero-order chi connectivity index (χ0) is 32.3. The van der Waals surface area contributed by atoms with E-state index in [0.717, 1.165) is 45.1 Å². The minimum atomic E-state index is -0.267. The van der Waals surface area contributed by atoms with Crippen molar-refractivity contribution in [3.05, 3.63) is 70.8 Å². The Labute approximate surface area is 259 Å². The molecular weight excluding hydrogens is 522 g/mol. The number of unbranched alkanes of at least 4 members (excludes halogenated alkanes) is 2. The van der Waals surface area contributed by atoms with Gasteiger partial charge in [-0.25, -0.2) is 0 Å². The van der Waals surface area contributed by atoms with E-state index in [1.807, 2.05) is 13.8 Å². The number of rotatable bonds is 10. The number of nitrogens with zero attached hydrogens (tertiary/aromatic N) is 1. The molecule has 1 heterocycles. The Morgan fingerprint density at radius 3 is 1.62 bits per heavy atom. The smallest absolute Gasteiger partial charge is 0.232 e. The Bertz CT molecular complexity index is 887. The molecule has 1 fully saturated rings. The largest absolute Gasteiger partial charge is 0.391 e. The number of hydrogen-bond donors (Lipinski definition) is 1. The van der Waals surface area contributed by atoms with Crippen molar-refractivity contribution in [1.82, 2.24) is 4.90 Å². The SMILES string of the molecule is CCC.CCCCN1C(=O)CC(C)C1=O.CCCCOCC(O)CC.CCc1ccc(C)cc1.Cc1ccc(C)cc1. The zero-order valence-corrected chi connectivity index (χ0v) is 28.7. The molecule has 0 aliphatic carbocycles. The van der Waals surface area contributed by atoms with Crippen LogP contribution >= 0.6 is 0 Å². The number of carbonyl (C=O) groups excluding carboxylic acids is 2. The van der Waals surface area contributed by atoms with E-state index in [-0.39, 0.29) is 23.8 Å². The molecule has 1 aliphatic heterocycles. The molecule has 0 bridgehead atoms. The van der Waals surface area contributed by atoms with Crippen LogP contribution in [-0.2, 0) is 20.7 Å². The van der Waals surface area contributed by atoms with E-state index in [1.165, 1.54) is 33.6 Å². The van der Waals surface area contributed by atoms with E-state index >= 15 is 0 Å². The molecular formula is C37H63NO4. The second kappa shape index (κ2) is 27.3. The summed E-state index contributed by atoms with van der Waals surface area (Å²) in [6, 6.07) is 17.1. The number of ether oxygens (including phenoxy) is 1. The first-order chi connectivity index (χ1) is 20.0. The second-order valence-corrected chi connectivity index (χ2v) is 11.0. The monoisotopic (exact) mass is 585 g/mol. The standard InChI is InChI=1S/C9H15NO2.C9H12.C8H18O2.C8H10.C3H8/c1-3-4-5-10-8(11)6-7(2)9(10)12;1-3-9-6-4-8(2)5-7-9;1-3-5-6-10-7-8(9)4-2;1-7-3-5-8(2)6-4-7;1-3-2/h7H,3-6H2,1-2H3;4-7H,3H2,1-2H3;8-9H,3-7H2,1-2H3;3-6H,1-2H3;3H2,1-2H3. The van der Waals surface area contributed by atoms with E-state index in [4.69, 9.17) is 9.84 Å². The fourth-order valence-corrected chi connectivity index (χ4v) is 3.44. The predicted molar refractivity (Wildman–Crippen MR) is 180 cm³/mol.